The molecular formula is C10H18N2O3. The van der Waals surface area contributed by atoms with Crippen LogP contribution in [0.3, 0.4) is 0 Å². The molecule has 0 radical (unpaired) electrons. The van der Waals surface area contributed by atoms with E-state index in [0.29, 0.717) is 6.42 Å². The summed E-state index contributed by atoms with van der Waals surface area (Å²) in [4.78, 5) is 13.2. The van der Waals surface area contributed by atoms with Gasteiger partial charge >= 0.3 is 0 Å². The number of aliphatic hydroxyl groups excluding tert-OH is 2. The van der Waals surface area contributed by atoms with Crippen molar-refractivity contribution >= 4 is 5.91 Å². The topological polar surface area (TPSA) is 84.6 Å². The number of carbonyl (C=O) groups is 1. The Kier molecular flexibility index (Phi) is 5.90. The maximum atomic E-state index is 11.9. The fourth-order valence-electron chi connectivity index (χ4n) is 1.18. The smallest absolute Gasteiger partial charge is 0.242 e. The molecule has 2 N–H and O–H groups in total. The Morgan fingerprint density at radius 2 is 1.87 bits per heavy atom. The Morgan fingerprint density at radius 3 is 2.13 bits per heavy atom. The molecule has 1 amide bonds. The molecule has 15 heavy (non-hydrogen) atoms. The molecule has 0 saturated carbocycles. The van der Waals surface area contributed by atoms with Gasteiger partial charge in [0.25, 0.3) is 0 Å². The van der Waals surface area contributed by atoms with E-state index in [2.05, 4.69) is 0 Å². The van der Waals surface area contributed by atoms with E-state index in [1.165, 1.54) is 4.90 Å². The third-order valence-corrected chi connectivity index (χ3v) is 2.45. The van der Waals surface area contributed by atoms with Gasteiger partial charge < -0.3 is 15.1 Å². The van der Waals surface area contributed by atoms with Gasteiger partial charge in [-0.25, -0.2) is 0 Å². The summed E-state index contributed by atoms with van der Waals surface area (Å²) in [6, 6.07) is 1.97. The molecule has 1 atom stereocenters. The van der Waals surface area contributed by atoms with E-state index >= 15 is 0 Å². The highest BCUT2D eigenvalue weighted by atomic mass is 16.3. The van der Waals surface area contributed by atoms with Crippen LogP contribution >= 0.6 is 0 Å². The largest absolute Gasteiger partial charge is 0.395 e. The van der Waals surface area contributed by atoms with Crippen LogP contribution in [-0.2, 0) is 4.79 Å². The molecule has 0 aromatic heterocycles. The van der Waals surface area contributed by atoms with Gasteiger partial charge in [0.15, 0.2) is 0 Å². The predicted molar refractivity (Wildman–Crippen MR) is 54.8 cm³/mol. The van der Waals surface area contributed by atoms with Gasteiger partial charge in [-0.3, -0.25) is 4.79 Å². The Morgan fingerprint density at radius 1 is 1.40 bits per heavy atom. The van der Waals surface area contributed by atoms with Gasteiger partial charge in [-0.2, -0.15) is 5.26 Å². The van der Waals surface area contributed by atoms with Crippen LogP contribution in [0.5, 0.6) is 0 Å². The average molecular weight is 214 g/mol. The molecule has 1 unspecified atom stereocenters. The molecule has 0 rings (SSSR count). The van der Waals surface area contributed by atoms with E-state index < -0.39 is 5.41 Å². The monoisotopic (exact) mass is 214 g/mol. The lowest BCUT2D eigenvalue weighted by Crippen LogP contribution is -2.44. The second-order valence-corrected chi connectivity index (χ2v) is 3.54. The first-order chi connectivity index (χ1) is 7.05. The molecule has 0 heterocycles. The Hall–Kier alpha value is -1.12. The summed E-state index contributed by atoms with van der Waals surface area (Å²) in [5.74, 6) is -0.337. The van der Waals surface area contributed by atoms with Gasteiger partial charge in [-0.15, -0.1) is 0 Å². The Labute approximate surface area is 89.9 Å². The maximum Gasteiger partial charge on any atom is 0.242 e. The fraction of sp³-hybridized carbons (Fsp3) is 0.800. The molecule has 0 aromatic rings. The lowest BCUT2D eigenvalue weighted by atomic mass is 9.88. The first-order valence-corrected chi connectivity index (χ1v) is 4.98. The predicted octanol–water partition coefficient (Wildman–Crippen LogP) is -0.261. The van der Waals surface area contributed by atoms with Crippen LogP contribution in [0.2, 0.25) is 0 Å². The molecule has 0 fully saturated rings. The summed E-state index contributed by atoms with van der Waals surface area (Å²) < 4.78 is 0. The minimum absolute atomic E-state index is 0.149. The van der Waals surface area contributed by atoms with Crippen LogP contribution in [0.4, 0.5) is 0 Å². The summed E-state index contributed by atoms with van der Waals surface area (Å²) in [5, 5.41) is 26.4. The zero-order chi connectivity index (χ0) is 11.9. The highest BCUT2D eigenvalue weighted by Crippen LogP contribution is 2.22. The number of nitrogens with zero attached hydrogens (tertiary/aromatic N) is 2. The molecular weight excluding hydrogens is 196 g/mol. The summed E-state index contributed by atoms with van der Waals surface area (Å²) in [7, 11) is 0. The quantitative estimate of drug-likeness (QED) is 0.638. The first kappa shape index (κ1) is 13.9. The molecule has 86 valence electrons. The van der Waals surface area contributed by atoms with Gasteiger partial charge in [-0.1, -0.05) is 6.92 Å². The van der Waals surface area contributed by atoms with Crippen molar-refractivity contribution in [2.45, 2.75) is 20.3 Å². The molecule has 0 aliphatic rings. The molecule has 0 aliphatic heterocycles. The molecule has 5 heteroatoms. The third kappa shape index (κ3) is 3.50. The molecule has 0 aromatic carbocycles. The molecule has 0 saturated heterocycles. The summed E-state index contributed by atoms with van der Waals surface area (Å²) in [6.45, 7) is 3.29. The highest BCUT2D eigenvalue weighted by molar-refractivity contribution is 5.85. The van der Waals surface area contributed by atoms with Crippen molar-refractivity contribution in [3.8, 4) is 6.07 Å². The minimum Gasteiger partial charge on any atom is -0.395 e. The number of nitriles is 1. The number of aliphatic hydroxyl groups is 2. The number of hydrogen-bond donors (Lipinski definition) is 2. The zero-order valence-corrected chi connectivity index (χ0v) is 9.23. The van der Waals surface area contributed by atoms with Crippen molar-refractivity contribution < 1.29 is 15.0 Å². The Balaban J connectivity index is 4.69. The van der Waals surface area contributed by atoms with E-state index in [4.69, 9.17) is 15.5 Å². The lowest BCUT2D eigenvalue weighted by molar-refractivity contribution is -0.139. The van der Waals surface area contributed by atoms with Gasteiger partial charge in [-0.05, 0) is 13.3 Å². The van der Waals surface area contributed by atoms with Crippen LogP contribution in [0.25, 0.3) is 0 Å². The Bertz CT molecular complexity index is 244. The lowest BCUT2D eigenvalue weighted by Gasteiger charge is -2.28. The summed E-state index contributed by atoms with van der Waals surface area (Å²) >= 11 is 0. The van der Waals surface area contributed by atoms with Crippen LogP contribution in [0.1, 0.15) is 20.3 Å². The van der Waals surface area contributed by atoms with Gasteiger partial charge in [0.05, 0.1) is 19.3 Å². The van der Waals surface area contributed by atoms with Crippen LogP contribution in [-0.4, -0.2) is 47.3 Å². The SMILES string of the molecule is CCC(C)(C#N)C(=O)N(CCO)CCO. The van der Waals surface area contributed by atoms with Crippen LogP contribution < -0.4 is 0 Å². The number of carbonyl (C=O) groups excluding carboxylic acids is 1. The van der Waals surface area contributed by atoms with Crippen molar-refractivity contribution in [2.75, 3.05) is 26.3 Å². The second kappa shape index (κ2) is 6.38. The summed E-state index contributed by atoms with van der Waals surface area (Å²) in [5.41, 5.74) is -1.07. The van der Waals surface area contributed by atoms with E-state index in [1.807, 2.05) is 6.07 Å². The highest BCUT2D eigenvalue weighted by Gasteiger charge is 2.34. The normalized spacial score (nSPS) is 14.1. The maximum absolute atomic E-state index is 11.9. The number of rotatable bonds is 6. The van der Waals surface area contributed by atoms with E-state index in [9.17, 15) is 4.79 Å². The third-order valence-electron chi connectivity index (χ3n) is 2.45. The van der Waals surface area contributed by atoms with Crippen molar-refractivity contribution in [3.05, 3.63) is 0 Å². The van der Waals surface area contributed by atoms with Crippen LogP contribution in [0, 0.1) is 16.7 Å². The van der Waals surface area contributed by atoms with Crippen molar-refractivity contribution in [1.29, 1.82) is 5.26 Å². The second-order valence-electron chi connectivity index (χ2n) is 3.54. The minimum atomic E-state index is -1.07. The van der Waals surface area contributed by atoms with Crippen molar-refractivity contribution in [1.82, 2.24) is 4.90 Å². The van der Waals surface area contributed by atoms with Crippen molar-refractivity contribution in [2.24, 2.45) is 5.41 Å². The van der Waals surface area contributed by atoms with E-state index in [0.717, 1.165) is 0 Å². The average Bonchev–Trinajstić information content (AvgIpc) is 2.26. The van der Waals surface area contributed by atoms with Gasteiger partial charge in [0, 0.05) is 13.1 Å². The number of amides is 1. The van der Waals surface area contributed by atoms with Gasteiger partial charge in [0.2, 0.25) is 5.91 Å². The van der Waals surface area contributed by atoms with Gasteiger partial charge in [0.1, 0.15) is 5.41 Å². The molecule has 0 bridgehead atoms. The van der Waals surface area contributed by atoms with E-state index in [1.54, 1.807) is 13.8 Å². The number of hydrogen-bond acceptors (Lipinski definition) is 4. The van der Waals surface area contributed by atoms with Crippen molar-refractivity contribution in [3.63, 3.8) is 0 Å². The zero-order valence-electron chi connectivity index (χ0n) is 9.23. The molecule has 0 aliphatic carbocycles. The summed E-state index contributed by atoms with van der Waals surface area (Å²) in [6.07, 6.45) is 0.412. The standard InChI is InChI=1S/C10H18N2O3/c1-3-10(2,8-11)9(15)12(4-6-13)5-7-14/h13-14H,3-7H2,1-2H3. The fourth-order valence-corrected chi connectivity index (χ4v) is 1.18. The molecule has 5 nitrogen and oxygen atoms in total. The van der Waals surface area contributed by atoms with E-state index in [-0.39, 0.29) is 32.2 Å². The first-order valence-electron chi connectivity index (χ1n) is 4.98. The molecule has 0 spiro atoms. The van der Waals surface area contributed by atoms with Crippen LogP contribution in [0.15, 0.2) is 0 Å².